The first-order chi connectivity index (χ1) is 7.95. The highest BCUT2D eigenvalue weighted by Crippen LogP contribution is 2.25. The molecule has 3 nitrogen and oxygen atoms in total. The number of rotatable bonds is 5. The molecule has 17 heavy (non-hydrogen) atoms. The van der Waals surface area contributed by atoms with Gasteiger partial charge in [-0.3, -0.25) is 4.79 Å². The summed E-state index contributed by atoms with van der Waals surface area (Å²) in [5.41, 5.74) is -0.413. The van der Waals surface area contributed by atoms with E-state index in [0.717, 1.165) is 19.3 Å². The summed E-state index contributed by atoms with van der Waals surface area (Å²) in [6.07, 6.45) is 6.59. The second-order valence-electron chi connectivity index (χ2n) is 5.61. The Hall–Kier alpha value is -0.570. The molecule has 0 amide bonds. The van der Waals surface area contributed by atoms with Crippen LogP contribution in [-0.2, 0) is 14.3 Å². The molecule has 0 spiro atoms. The van der Waals surface area contributed by atoms with Crippen molar-refractivity contribution in [2.24, 2.45) is 5.41 Å². The van der Waals surface area contributed by atoms with Gasteiger partial charge in [0.25, 0.3) is 0 Å². The number of carbonyl (C=O) groups is 1. The van der Waals surface area contributed by atoms with E-state index in [1.165, 1.54) is 19.3 Å². The lowest BCUT2D eigenvalue weighted by molar-refractivity contribution is -0.196. The summed E-state index contributed by atoms with van der Waals surface area (Å²) in [6.45, 7) is 7.62. The number of carbonyl (C=O) groups excluding carboxylic acids is 1. The third-order valence-electron chi connectivity index (χ3n) is 3.65. The molecule has 0 aromatic heterocycles. The lowest BCUT2D eigenvalue weighted by Gasteiger charge is -2.28. The highest BCUT2D eigenvalue weighted by molar-refractivity contribution is 5.75. The highest BCUT2D eigenvalue weighted by Gasteiger charge is 2.29. The molecule has 0 N–H and O–H groups in total. The van der Waals surface area contributed by atoms with Crippen molar-refractivity contribution in [2.75, 3.05) is 0 Å². The van der Waals surface area contributed by atoms with E-state index in [0.29, 0.717) is 0 Å². The molecule has 0 radical (unpaired) electrons. The molecule has 1 rings (SSSR count). The second-order valence-corrected chi connectivity index (χ2v) is 5.61. The first-order valence-electron chi connectivity index (χ1n) is 6.82. The molecular formula is C14H26O3. The zero-order valence-corrected chi connectivity index (χ0v) is 11.6. The summed E-state index contributed by atoms with van der Waals surface area (Å²) in [5.74, 6) is -0.164. The van der Waals surface area contributed by atoms with Gasteiger partial charge in [-0.25, -0.2) is 0 Å². The molecule has 0 aromatic carbocycles. The Bertz CT molecular complexity index is 242. The lowest BCUT2D eigenvalue weighted by atomic mass is 9.91. The quantitative estimate of drug-likeness (QED) is 0.545. The molecule has 1 saturated carbocycles. The van der Waals surface area contributed by atoms with Gasteiger partial charge in [-0.15, -0.1) is 0 Å². The van der Waals surface area contributed by atoms with Crippen LogP contribution in [0.2, 0.25) is 0 Å². The zero-order valence-electron chi connectivity index (χ0n) is 11.6. The van der Waals surface area contributed by atoms with Crippen molar-refractivity contribution in [3.63, 3.8) is 0 Å². The van der Waals surface area contributed by atoms with E-state index >= 15 is 0 Å². The molecule has 1 fully saturated rings. The Morgan fingerprint density at radius 2 is 1.88 bits per heavy atom. The molecule has 0 aliphatic heterocycles. The predicted molar refractivity (Wildman–Crippen MR) is 67.6 cm³/mol. The fourth-order valence-electron chi connectivity index (χ4n) is 1.95. The maximum atomic E-state index is 11.8. The van der Waals surface area contributed by atoms with E-state index < -0.39 is 11.7 Å². The van der Waals surface area contributed by atoms with Gasteiger partial charge in [-0.2, -0.15) is 0 Å². The minimum atomic E-state index is -0.420. The molecule has 100 valence electrons. The molecule has 0 saturated heterocycles. The van der Waals surface area contributed by atoms with Crippen molar-refractivity contribution >= 4 is 5.97 Å². The van der Waals surface area contributed by atoms with Crippen LogP contribution >= 0.6 is 0 Å². The van der Waals surface area contributed by atoms with E-state index in [9.17, 15) is 4.79 Å². The molecule has 1 aliphatic rings. The van der Waals surface area contributed by atoms with Crippen molar-refractivity contribution < 1.29 is 14.3 Å². The summed E-state index contributed by atoms with van der Waals surface area (Å²) < 4.78 is 11.1. The third-order valence-corrected chi connectivity index (χ3v) is 3.65. The summed E-state index contributed by atoms with van der Waals surface area (Å²) in [5, 5.41) is 0. The Labute approximate surface area is 105 Å². The van der Waals surface area contributed by atoms with Gasteiger partial charge in [0.15, 0.2) is 6.29 Å². The normalized spacial score (nSPS) is 20.0. The second kappa shape index (κ2) is 6.39. The molecule has 1 unspecified atom stereocenters. The van der Waals surface area contributed by atoms with Crippen molar-refractivity contribution in [3.8, 4) is 0 Å². The van der Waals surface area contributed by atoms with Crippen LogP contribution in [0.25, 0.3) is 0 Å². The minimum absolute atomic E-state index is 0.164. The SMILES string of the molecule is CCC(C)(C)C(=O)OC(C)OC1CCCCC1. The number of hydrogen-bond acceptors (Lipinski definition) is 3. The number of hydrogen-bond donors (Lipinski definition) is 0. The average Bonchev–Trinajstić information content (AvgIpc) is 2.30. The van der Waals surface area contributed by atoms with Crippen molar-refractivity contribution in [2.45, 2.75) is 78.6 Å². The number of esters is 1. The Kier molecular flexibility index (Phi) is 5.44. The monoisotopic (exact) mass is 242 g/mol. The van der Waals surface area contributed by atoms with Gasteiger partial charge in [-0.1, -0.05) is 26.2 Å². The molecular weight excluding hydrogens is 216 g/mol. The van der Waals surface area contributed by atoms with Gasteiger partial charge in [0, 0.05) is 0 Å². The summed E-state index contributed by atoms with van der Waals surface area (Å²) >= 11 is 0. The fourth-order valence-corrected chi connectivity index (χ4v) is 1.95. The maximum absolute atomic E-state index is 11.8. The first-order valence-corrected chi connectivity index (χ1v) is 6.82. The van der Waals surface area contributed by atoms with Crippen LogP contribution < -0.4 is 0 Å². The van der Waals surface area contributed by atoms with Crippen LogP contribution in [0.1, 0.15) is 66.2 Å². The Morgan fingerprint density at radius 3 is 2.41 bits per heavy atom. The summed E-state index contributed by atoms with van der Waals surface area (Å²) in [7, 11) is 0. The molecule has 1 aliphatic carbocycles. The van der Waals surface area contributed by atoms with Crippen LogP contribution in [-0.4, -0.2) is 18.4 Å². The lowest BCUT2D eigenvalue weighted by Crippen LogP contribution is -2.32. The Morgan fingerprint density at radius 1 is 1.29 bits per heavy atom. The van der Waals surface area contributed by atoms with Gasteiger partial charge < -0.3 is 9.47 Å². The van der Waals surface area contributed by atoms with E-state index in [1.807, 2.05) is 27.7 Å². The average molecular weight is 242 g/mol. The van der Waals surface area contributed by atoms with Crippen LogP contribution in [0.3, 0.4) is 0 Å². The highest BCUT2D eigenvalue weighted by atomic mass is 16.7. The van der Waals surface area contributed by atoms with Crippen molar-refractivity contribution in [1.82, 2.24) is 0 Å². The van der Waals surface area contributed by atoms with E-state index in [1.54, 1.807) is 0 Å². The van der Waals surface area contributed by atoms with Crippen molar-refractivity contribution in [3.05, 3.63) is 0 Å². The summed E-state index contributed by atoms with van der Waals surface area (Å²) in [4.78, 5) is 11.8. The largest absolute Gasteiger partial charge is 0.436 e. The molecule has 3 heteroatoms. The molecule has 0 heterocycles. The van der Waals surface area contributed by atoms with Crippen LogP contribution in [0, 0.1) is 5.41 Å². The van der Waals surface area contributed by atoms with Gasteiger partial charge in [0.2, 0.25) is 0 Å². The van der Waals surface area contributed by atoms with Crippen LogP contribution in [0.4, 0.5) is 0 Å². The molecule has 0 bridgehead atoms. The van der Waals surface area contributed by atoms with Crippen LogP contribution in [0.5, 0.6) is 0 Å². The van der Waals surface area contributed by atoms with Gasteiger partial charge >= 0.3 is 5.97 Å². The standard InChI is InChI=1S/C14H26O3/c1-5-14(3,4)13(15)17-11(2)16-12-9-7-6-8-10-12/h11-12H,5-10H2,1-4H3. The fraction of sp³-hybridized carbons (Fsp3) is 0.929. The van der Waals surface area contributed by atoms with Gasteiger partial charge in [0.1, 0.15) is 0 Å². The van der Waals surface area contributed by atoms with Crippen molar-refractivity contribution in [1.29, 1.82) is 0 Å². The van der Waals surface area contributed by atoms with E-state index in [2.05, 4.69) is 0 Å². The maximum Gasteiger partial charge on any atom is 0.313 e. The Balaban J connectivity index is 2.33. The first kappa shape index (κ1) is 14.5. The van der Waals surface area contributed by atoms with Gasteiger partial charge in [-0.05, 0) is 40.0 Å². The van der Waals surface area contributed by atoms with Gasteiger partial charge in [0.05, 0.1) is 11.5 Å². The third kappa shape index (κ3) is 4.66. The van der Waals surface area contributed by atoms with E-state index in [4.69, 9.17) is 9.47 Å². The smallest absolute Gasteiger partial charge is 0.313 e. The molecule has 0 aromatic rings. The van der Waals surface area contributed by atoms with Crippen LogP contribution in [0.15, 0.2) is 0 Å². The topological polar surface area (TPSA) is 35.5 Å². The molecule has 1 atom stereocenters. The zero-order chi connectivity index (χ0) is 12.9. The van der Waals surface area contributed by atoms with E-state index in [-0.39, 0.29) is 12.1 Å². The predicted octanol–water partition coefficient (Wildman–Crippen LogP) is 3.66. The minimum Gasteiger partial charge on any atom is -0.436 e. The summed E-state index contributed by atoms with van der Waals surface area (Å²) in [6, 6.07) is 0. The number of ether oxygens (including phenoxy) is 2.